The average molecular weight is 472 g/mol. The number of carbonyl (C=O) groups is 1. The Kier molecular flexibility index (Phi) is 5.57. The molecule has 3 aromatic carbocycles. The third-order valence-electron chi connectivity index (χ3n) is 5.22. The highest BCUT2D eigenvalue weighted by Gasteiger charge is 2.20. The van der Waals surface area contributed by atoms with Gasteiger partial charge in [0.25, 0.3) is 5.91 Å². The predicted octanol–water partition coefficient (Wildman–Crippen LogP) is 4.11. The molecule has 8 nitrogen and oxygen atoms in total. The molecule has 0 aliphatic carbocycles. The van der Waals surface area contributed by atoms with Gasteiger partial charge in [0.2, 0.25) is 0 Å². The molecule has 0 unspecified atom stereocenters. The van der Waals surface area contributed by atoms with Crippen molar-refractivity contribution < 1.29 is 9.53 Å². The number of nitrogens with two attached hydrogens (primary N) is 1. The van der Waals surface area contributed by atoms with Gasteiger partial charge >= 0.3 is 5.69 Å². The number of aromatic amines is 1. The number of benzene rings is 3. The molecule has 9 heteroatoms. The summed E-state index contributed by atoms with van der Waals surface area (Å²) in [6, 6.07) is 23.7. The Balaban J connectivity index is 1.54. The lowest BCUT2D eigenvalue weighted by Gasteiger charge is -2.09. The topological polar surface area (TPSA) is 116 Å². The average Bonchev–Trinajstić information content (AvgIpc) is 3.19. The molecular formula is C25H18ClN5O3. The van der Waals surface area contributed by atoms with E-state index >= 15 is 0 Å². The fraction of sp³-hybridized carbons (Fsp3) is 0.0400. The lowest BCUT2D eigenvalue weighted by Crippen LogP contribution is -2.15. The van der Waals surface area contributed by atoms with Crippen LogP contribution in [0.1, 0.15) is 16.1 Å². The zero-order valence-corrected chi connectivity index (χ0v) is 18.5. The lowest BCUT2D eigenvalue weighted by atomic mass is 10.2. The number of carbonyl (C=O) groups excluding carboxylic acids is 1. The molecule has 168 valence electrons. The van der Waals surface area contributed by atoms with E-state index in [1.165, 1.54) is 4.57 Å². The monoisotopic (exact) mass is 471 g/mol. The van der Waals surface area contributed by atoms with Crippen LogP contribution < -0.4 is 16.2 Å². The van der Waals surface area contributed by atoms with Crippen molar-refractivity contribution >= 4 is 28.7 Å². The number of hydrogen-bond donors (Lipinski definition) is 2. The summed E-state index contributed by atoms with van der Waals surface area (Å²) in [5, 5.41) is 0.527. The summed E-state index contributed by atoms with van der Waals surface area (Å²) >= 11 is 5.98. The first-order valence-corrected chi connectivity index (χ1v) is 10.7. The summed E-state index contributed by atoms with van der Waals surface area (Å²) in [5.41, 5.74) is 7.63. The van der Waals surface area contributed by atoms with E-state index < -0.39 is 11.6 Å². The first-order valence-electron chi connectivity index (χ1n) is 10.4. The Hall–Kier alpha value is -4.43. The minimum atomic E-state index is -0.777. The highest BCUT2D eigenvalue weighted by molar-refractivity contribution is 6.30. The smallest absolute Gasteiger partial charge is 0.332 e. The van der Waals surface area contributed by atoms with Crippen molar-refractivity contribution in [2.75, 3.05) is 0 Å². The zero-order valence-electron chi connectivity index (χ0n) is 17.7. The number of aromatic nitrogens is 4. The van der Waals surface area contributed by atoms with E-state index in [2.05, 4.69) is 15.0 Å². The van der Waals surface area contributed by atoms with E-state index in [1.807, 2.05) is 30.3 Å². The van der Waals surface area contributed by atoms with Gasteiger partial charge in [0.15, 0.2) is 17.2 Å². The Morgan fingerprint density at radius 3 is 2.35 bits per heavy atom. The Morgan fingerprint density at radius 1 is 0.971 bits per heavy atom. The molecule has 0 radical (unpaired) electrons. The molecule has 1 amide bonds. The van der Waals surface area contributed by atoms with E-state index in [4.69, 9.17) is 22.1 Å². The van der Waals surface area contributed by atoms with Gasteiger partial charge in [0, 0.05) is 10.6 Å². The van der Waals surface area contributed by atoms with Gasteiger partial charge in [-0.3, -0.25) is 4.79 Å². The van der Waals surface area contributed by atoms with Gasteiger partial charge in [0.05, 0.1) is 5.69 Å². The number of nitrogens with zero attached hydrogens (tertiary/aromatic N) is 3. The molecule has 0 bridgehead atoms. The molecule has 5 aromatic rings. The summed E-state index contributed by atoms with van der Waals surface area (Å²) in [5.74, 6) is 0.141. The molecule has 34 heavy (non-hydrogen) atoms. The maximum Gasteiger partial charge on any atom is 0.332 e. The van der Waals surface area contributed by atoms with Crippen LogP contribution in [0.25, 0.3) is 28.2 Å². The second kappa shape index (κ2) is 8.84. The summed E-state index contributed by atoms with van der Waals surface area (Å²) in [6.07, 6.45) is 0. The highest BCUT2D eigenvalue weighted by Crippen LogP contribution is 2.24. The molecule has 3 N–H and O–H groups in total. The van der Waals surface area contributed by atoms with Crippen molar-refractivity contribution in [1.29, 1.82) is 0 Å². The van der Waals surface area contributed by atoms with Crippen molar-refractivity contribution in [2.24, 2.45) is 5.73 Å². The van der Waals surface area contributed by atoms with Crippen LogP contribution in [0.3, 0.4) is 0 Å². The van der Waals surface area contributed by atoms with Gasteiger partial charge in [-0.1, -0.05) is 41.9 Å². The molecule has 2 heterocycles. The fourth-order valence-electron chi connectivity index (χ4n) is 3.56. The molecule has 2 aromatic heterocycles. The van der Waals surface area contributed by atoms with Crippen LogP contribution in [0, 0.1) is 0 Å². The van der Waals surface area contributed by atoms with Crippen molar-refractivity contribution in [3.05, 3.63) is 106 Å². The van der Waals surface area contributed by atoms with Gasteiger partial charge < -0.3 is 15.5 Å². The van der Waals surface area contributed by atoms with E-state index in [9.17, 15) is 9.59 Å². The number of primary amides is 1. The Labute approximate surface area is 198 Å². The van der Waals surface area contributed by atoms with Gasteiger partial charge in [-0.05, 0) is 54.1 Å². The quantitative estimate of drug-likeness (QED) is 0.386. The number of amides is 1. The number of rotatable bonds is 6. The van der Waals surface area contributed by atoms with Crippen LogP contribution in [-0.2, 0) is 6.61 Å². The third-order valence-corrected chi connectivity index (χ3v) is 5.47. The normalized spacial score (nSPS) is 11.0. The summed E-state index contributed by atoms with van der Waals surface area (Å²) in [7, 11) is 0. The summed E-state index contributed by atoms with van der Waals surface area (Å²) < 4.78 is 7.18. The molecule has 0 atom stereocenters. The second-order valence-corrected chi connectivity index (χ2v) is 7.94. The number of ether oxygens (including phenoxy) is 1. The highest BCUT2D eigenvalue weighted by atomic mass is 35.5. The molecule has 0 saturated carbocycles. The molecular weight excluding hydrogens is 454 g/mol. The number of nitrogens with one attached hydrogen (secondary N) is 1. The first-order chi connectivity index (χ1) is 16.5. The van der Waals surface area contributed by atoms with Gasteiger partial charge in [-0.15, -0.1) is 0 Å². The molecule has 0 fully saturated rings. The predicted molar refractivity (Wildman–Crippen MR) is 129 cm³/mol. The van der Waals surface area contributed by atoms with Gasteiger partial charge in [-0.25, -0.2) is 19.3 Å². The van der Waals surface area contributed by atoms with Crippen LogP contribution in [0.4, 0.5) is 0 Å². The van der Waals surface area contributed by atoms with Gasteiger partial charge in [-0.2, -0.15) is 0 Å². The van der Waals surface area contributed by atoms with Crippen LogP contribution in [0.5, 0.6) is 5.75 Å². The Morgan fingerprint density at radius 2 is 1.68 bits per heavy atom. The Bertz CT molecular complexity index is 1540. The number of hydrogen-bond acceptors (Lipinski definition) is 5. The van der Waals surface area contributed by atoms with Crippen LogP contribution in [-0.4, -0.2) is 25.4 Å². The van der Waals surface area contributed by atoms with Crippen molar-refractivity contribution in [3.63, 3.8) is 0 Å². The van der Waals surface area contributed by atoms with Crippen molar-refractivity contribution in [3.8, 4) is 22.8 Å². The van der Waals surface area contributed by atoms with Gasteiger partial charge in [0.1, 0.15) is 17.9 Å². The van der Waals surface area contributed by atoms with Crippen LogP contribution in [0.15, 0.2) is 83.7 Å². The lowest BCUT2D eigenvalue weighted by molar-refractivity contribution is 0.0997. The van der Waals surface area contributed by atoms with Crippen LogP contribution >= 0.6 is 11.6 Å². The largest absolute Gasteiger partial charge is 0.489 e. The molecule has 5 rings (SSSR count). The maximum absolute atomic E-state index is 12.7. The maximum atomic E-state index is 12.7. The first kappa shape index (κ1) is 21.4. The minimum Gasteiger partial charge on any atom is -0.489 e. The van der Waals surface area contributed by atoms with Crippen molar-refractivity contribution in [1.82, 2.24) is 19.5 Å². The van der Waals surface area contributed by atoms with E-state index in [-0.39, 0.29) is 22.7 Å². The summed E-state index contributed by atoms with van der Waals surface area (Å²) in [6.45, 7) is 0.436. The number of fused-ring (bicyclic) bond motifs is 1. The minimum absolute atomic E-state index is 0.0748. The van der Waals surface area contributed by atoms with E-state index in [0.717, 1.165) is 5.56 Å². The van der Waals surface area contributed by atoms with E-state index in [1.54, 1.807) is 48.5 Å². The molecule has 0 aliphatic heterocycles. The van der Waals surface area contributed by atoms with Crippen LogP contribution in [0.2, 0.25) is 5.02 Å². The standard InChI is InChI=1S/C25H18ClN5O3/c26-17-8-10-18(11-9-17)31-24-21(29-25(31)33)20(22(27)32)28-23(30-24)16-6-12-19(13-7-16)34-14-15-4-2-1-3-5-15/h1-13H,14H2,(H2,27,32)(H,29,33). The number of H-pyrrole nitrogens is 1. The van der Waals surface area contributed by atoms with E-state index in [0.29, 0.717) is 28.6 Å². The van der Waals surface area contributed by atoms with Crippen molar-refractivity contribution in [2.45, 2.75) is 6.61 Å². The molecule has 0 aliphatic rings. The SMILES string of the molecule is NC(=O)c1nc(-c2ccc(OCc3ccccc3)cc2)nc2c1[nH]c(=O)n2-c1ccc(Cl)cc1. The molecule has 0 saturated heterocycles. The zero-order chi connectivity index (χ0) is 23.7. The number of halogens is 1. The third kappa shape index (κ3) is 4.14. The number of imidazole rings is 1. The second-order valence-electron chi connectivity index (χ2n) is 7.50. The fourth-order valence-corrected chi connectivity index (χ4v) is 3.69. The summed E-state index contributed by atoms with van der Waals surface area (Å²) in [4.78, 5) is 36.4. The molecule has 0 spiro atoms.